The lowest BCUT2D eigenvalue weighted by atomic mass is 10.0. The number of halogens is 1. The van der Waals surface area contributed by atoms with Crippen LogP contribution >= 0.6 is 11.6 Å². The van der Waals surface area contributed by atoms with Crippen molar-refractivity contribution in [3.05, 3.63) is 70.4 Å². The van der Waals surface area contributed by atoms with Crippen LogP contribution < -0.4 is 5.32 Å². The zero-order valence-electron chi connectivity index (χ0n) is 14.4. The highest BCUT2D eigenvalue weighted by atomic mass is 35.5. The zero-order chi connectivity index (χ0) is 18.7. The van der Waals surface area contributed by atoms with Crippen LogP contribution in [-0.2, 0) is 9.53 Å². The van der Waals surface area contributed by atoms with Crippen molar-refractivity contribution in [1.82, 2.24) is 5.32 Å². The molecule has 1 aromatic heterocycles. The summed E-state index contributed by atoms with van der Waals surface area (Å²) < 4.78 is 10.4. The number of hydrogen-bond donors (Lipinski definition) is 1. The summed E-state index contributed by atoms with van der Waals surface area (Å²) in [6.45, 7) is 1.80. The molecule has 3 rings (SSSR count). The Morgan fingerprint density at radius 2 is 1.92 bits per heavy atom. The summed E-state index contributed by atoms with van der Waals surface area (Å²) >= 11 is 6.02. The van der Waals surface area contributed by atoms with Crippen molar-refractivity contribution in [2.24, 2.45) is 0 Å². The van der Waals surface area contributed by atoms with Crippen LogP contribution in [-0.4, -0.2) is 19.0 Å². The van der Waals surface area contributed by atoms with Crippen molar-refractivity contribution in [3.63, 3.8) is 0 Å². The lowest BCUT2D eigenvalue weighted by Crippen LogP contribution is -2.30. The smallest absolute Gasteiger partial charge is 0.307 e. The summed E-state index contributed by atoms with van der Waals surface area (Å²) in [4.78, 5) is 24.5. The lowest BCUT2D eigenvalue weighted by Gasteiger charge is -2.17. The minimum Gasteiger partial charge on any atom is -0.469 e. The molecule has 26 heavy (non-hydrogen) atoms. The standard InChI is InChI=1S/C20H18ClNO4/c1-12-15-10-14(21)8-9-17(15)26-19(12)20(24)22-16(11-18(23)25-2)13-6-4-3-5-7-13/h3-10,16H,11H2,1-2H3,(H,22,24). The monoisotopic (exact) mass is 371 g/mol. The van der Waals surface area contributed by atoms with Crippen LogP contribution in [0.15, 0.2) is 52.9 Å². The van der Waals surface area contributed by atoms with Gasteiger partial charge in [0.2, 0.25) is 0 Å². The SMILES string of the molecule is COC(=O)CC(NC(=O)c1oc2ccc(Cl)cc2c1C)c1ccccc1. The number of nitrogens with one attached hydrogen (secondary N) is 1. The maximum atomic E-state index is 12.8. The Bertz CT molecular complexity index is 949. The average Bonchev–Trinajstić information content (AvgIpc) is 2.98. The topological polar surface area (TPSA) is 68.5 Å². The van der Waals surface area contributed by atoms with Crippen LogP contribution in [0.1, 0.15) is 34.1 Å². The largest absolute Gasteiger partial charge is 0.469 e. The molecule has 0 aliphatic heterocycles. The summed E-state index contributed by atoms with van der Waals surface area (Å²) in [6.07, 6.45) is 0.0252. The number of amides is 1. The van der Waals surface area contributed by atoms with Gasteiger partial charge in [0.15, 0.2) is 5.76 Å². The van der Waals surface area contributed by atoms with Crippen LogP contribution in [0.5, 0.6) is 0 Å². The highest BCUT2D eigenvalue weighted by Gasteiger charge is 2.23. The third-order valence-corrected chi connectivity index (χ3v) is 4.45. The second-order valence-electron chi connectivity index (χ2n) is 5.91. The molecule has 1 heterocycles. The predicted molar refractivity (Wildman–Crippen MR) is 99.2 cm³/mol. The maximum absolute atomic E-state index is 12.8. The van der Waals surface area contributed by atoms with Crippen LogP contribution in [0.4, 0.5) is 0 Å². The Labute approximate surface area is 155 Å². The van der Waals surface area contributed by atoms with Gasteiger partial charge >= 0.3 is 5.97 Å². The molecule has 1 amide bonds. The van der Waals surface area contributed by atoms with Crippen molar-refractivity contribution in [2.45, 2.75) is 19.4 Å². The Hall–Kier alpha value is -2.79. The van der Waals surface area contributed by atoms with E-state index < -0.39 is 17.9 Å². The second kappa shape index (κ2) is 7.62. The van der Waals surface area contributed by atoms with E-state index >= 15 is 0 Å². The highest BCUT2D eigenvalue weighted by molar-refractivity contribution is 6.31. The first-order valence-electron chi connectivity index (χ1n) is 8.11. The van der Waals surface area contributed by atoms with E-state index in [1.807, 2.05) is 30.3 Å². The van der Waals surface area contributed by atoms with Gasteiger partial charge in [-0.15, -0.1) is 0 Å². The van der Waals surface area contributed by atoms with Crippen molar-refractivity contribution >= 4 is 34.4 Å². The maximum Gasteiger partial charge on any atom is 0.307 e. The van der Waals surface area contributed by atoms with E-state index in [2.05, 4.69) is 5.32 Å². The molecule has 0 radical (unpaired) electrons. The molecule has 5 nitrogen and oxygen atoms in total. The van der Waals surface area contributed by atoms with E-state index in [9.17, 15) is 9.59 Å². The van der Waals surface area contributed by atoms with Crippen molar-refractivity contribution in [1.29, 1.82) is 0 Å². The van der Waals surface area contributed by atoms with Gasteiger partial charge in [0.05, 0.1) is 19.6 Å². The summed E-state index contributed by atoms with van der Waals surface area (Å²) in [7, 11) is 1.32. The molecular formula is C20H18ClNO4. The number of methoxy groups -OCH3 is 1. The fraction of sp³-hybridized carbons (Fsp3) is 0.200. The first-order chi connectivity index (χ1) is 12.5. The Morgan fingerprint density at radius 3 is 2.62 bits per heavy atom. The molecule has 134 valence electrons. The molecule has 0 saturated carbocycles. The van der Waals surface area contributed by atoms with Gasteiger partial charge < -0.3 is 14.5 Å². The number of esters is 1. The van der Waals surface area contributed by atoms with Gasteiger partial charge in [0.25, 0.3) is 5.91 Å². The van der Waals surface area contributed by atoms with Gasteiger partial charge in [-0.05, 0) is 30.7 Å². The van der Waals surface area contributed by atoms with Gasteiger partial charge in [0.1, 0.15) is 5.58 Å². The first-order valence-corrected chi connectivity index (χ1v) is 8.48. The van der Waals surface area contributed by atoms with Crippen LogP contribution in [0.3, 0.4) is 0 Å². The van der Waals surface area contributed by atoms with Gasteiger partial charge in [-0.3, -0.25) is 9.59 Å². The number of rotatable bonds is 5. The number of ether oxygens (including phenoxy) is 1. The minimum atomic E-state index is -0.521. The third-order valence-electron chi connectivity index (χ3n) is 4.21. The molecule has 0 saturated heterocycles. The van der Waals surface area contributed by atoms with Crippen molar-refractivity contribution < 1.29 is 18.7 Å². The van der Waals surface area contributed by atoms with E-state index in [0.717, 1.165) is 10.9 Å². The molecule has 0 aliphatic rings. The Morgan fingerprint density at radius 1 is 1.19 bits per heavy atom. The first kappa shape index (κ1) is 18.0. The quantitative estimate of drug-likeness (QED) is 0.674. The number of furan rings is 1. The molecular weight excluding hydrogens is 354 g/mol. The average molecular weight is 372 g/mol. The molecule has 1 unspecified atom stereocenters. The zero-order valence-corrected chi connectivity index (χ0v) is 15.2. The number of fused-ring (bicyclic) bond motifs is 1. The number of benzene rings is 2. The number of carbonyl (C=O) groups excluding carboxylic acids is 2. The van der Waals surface area contributed by atoms with Gasteiger partial charge in [-0.25, -0.2) is 0 Å². The minimum absolute atomic E-state index is 0.0252. The number of carbonyl (C=O) groups is 2. The summed E-state index contributed by atoms with van der Waals surface area (Å²) in [5, 5.41) is 4.22. The van der Waals surface area contributed by atoms with Crippen LogP contribution in [0, 0.1) is 6.92 Å². The molecule has 1 atom stereocenters. The number of aryl methyl sites for hydroxylation is 1. The highest BCUT2D eigenvalue weighted by Crippen LogP contribution is 2.28. The fourth-order valence-electron chi connectivity index (χ4n) is 2.82. The molecule has 0 fully saturated rings. The van der Waals surface area contributed by atoms with E-state index in [0.29, 0.717) is 16.2 Å². The summed E-state index contributed by atoms with van der Waals surface area (Å²) in [6, 6.07) is 13.9. The summed E-state index contributed by atoms with van der Waals surface area (Å²) in [5.41, 5.74) is 2.09. The fourth-order valence-corrected chi connectivity index (χ4v) is 2.99. The molecule has 6 heteroatoms. The second-order valence-corrected chi connectivity index (χ2v) is 6.35. The van der Waals surface area contributed by atoms with Gasteiger partial charge in [-0.1, -0.05) is 41.9 Å². The van der Waals surface area contributed by atoms with Crippen molar-refractivity contribution in [2.75, 3.05) is 7.11 Å². The summed E-state index contributed by atoms with van der Waals surface area (Å²) in [5.74, 6) is -0.604. The van der Waals surface area contributed by atoms with Gasteiger partial charge in [-0.2, -0.15) is 0 Å². The molecule has 1 N–H and O–H groups in total. The van der Waals surface area contributed by atoms with Crippen molar-refractivity contribution in [3.8, 4) is 0 Å². The van der Waals surface area contributed by atoms with E-state index in [-0.39, 0.29) is 12.2 Å². The van der Waals surface area contributed by atoms with E-state index in [1.54, 1.807) is 25.1 Å². The van der Waals surface area contributed by atoms with Gasteiger partial charge in [0, 0.05) is 16.0 Å². The normalized spacial score (nSPS) is 12.0. The molecule has 0 spiro atoms. The molecule has 2 aromatic carbocycles. The predicted octanol–water partition coefficient (Wildman–Crippen LogP) is 4.43. The molecule has 0 bridgehead atoms. The van der Waals surface area contributed by atoms with E-state index in [1.165, 1.54) is 7.11 Å². The number of hydrogen-bond acceptors (Lipinski definition) is 4. The third kappa shape index (κ3) is 3.73. The Kier molecular flexibility index (Phi) is 5.28. The lowest BCUT2D eigenvalue weighted by molar-refractivity contribution is -0.141. The van der Waals surface area contributed by atoms with Crippen LogP contribution in [0.25, 0.3) is 11.0 Å². The molecule has 0 aliphatic carbocycles. The molecule has 3 aromatic rings. The van der Waals surface area contributed by atoms with Crippen LogP contribution in [0.2, 0.25) is 5.02 Å². The Balaban J connectivity index is 1.90. The van der Waals surface area contributed by atoms with E-state index in [4.69, 9.17) is 20.8 Å².